The van der Waals surface area contributed by atoms with Gasteiger partial charge in [0.25, 0.3) is 5.91 Å². The standard InChI is InChI=1S/C20H18F3NO4/c1-19(10-14-4-2-3-5-16(14)17(25)28-19)18(26)24-11-13-6-8-15(9-7-13)27-12-20(21,22)23/h2-9H,10-12H2,1H3,(H,24,26). The first-order chi connectivity index (χ1) is 13.2. The summed E-state index contributed by atoms with van der Waals surface area (Å²) >= 11 is 0. The van der Waals surface area contributed by atoms with Crippen LogP contribution in [0.3, 0.4) is 0 Å². The Labute approximate surface area is 159 Å². The number of nitrogens with one attached hydrogen (secondary N) is 1. The van der Waals surface area contributed by atoms with E-state index in [0.717, 1.165) is 5.56 Å². The maximum absolute atomic E-state index is 12.6. The molecule has 2 aromatic rings. The summed E-state index contributed by atoms with van der Waals surface area (Å²) in [7, 11) is 0. The van der Waals surface area contributed by atoms with E-state index < -0.39 is 30.3 Å². The molecule has 0 bridgehead atoms. The smallest absolute Gasteiger partial charge is 0.422 e. The van der Waals surface area contributed by atoms with Gasteiger partial charge in [0.1, 0.15) is 5.75 Å². The SMILES string of the molecule is CC1(C(=O)NCc2ccc(OCC(F)(F)F)cc2)Cc2ccccc2C(=O)O1. The largest absolute Gasteiger partial charge is 0.484 e. The van der Waals surface area contributed by atoms with Gasteiger partial charge in [-0.25, -0.2) is 4.79 Å². The molecule has 28 heavy (non-hydrogen) atoms. The highest BCUT2D eigenvalue weighted by Gasteiger charge is 2.42. The number of cyclic esters (lactones) is 1. The number of amides is 1. The fraction of sp³-hybridized carbons (Fsp3) is 0.300. The normalized spacial score (nSPS) is 18.8. The summed E-state index contributed by atoms with van der Waals surface area (Å²) in [5.41, 5.74) is 0.518. The Morgan fingerprint density at radius 3 is 2.54 bits per heavy atom. The Morgan fingerprint density at radius 1 is 1.18 bits per heavy atom. The molecule has 5 nitrogen and oxygen atoms in total. The van der Waals surface area contributed by atoms with E-state index in [2.05, 4.69) is 10.1 Å². The number of alkyl halides is 3. The monoisotopic (exact) mass is 393 g/mol. The van der Waals surface area contributed by atoms with Gasteiger partial charge in [-0.05, 0) is 36.2 Å². The van der Waals surface area contributed by atoms with Gasteiger partial charge >= 0.3 is 12.1 Å². The predicted octanol–water partition coefficient (Wildman–Crippen LogP) is 3.42. The van der Waals surface area contributed by atoms with Crippen LogP contribution in [0.4, 0.5) is 13.2 Å². The van der Waals surface area contributed by atoms with Gasteiger partial charge in [-0.3, -0.25) is 4.79 Å². The van der Waals surface area contributed by atoms with Crippen molar-refractivity contribution in [3.05, 3.63) is 65.2 Å². The van der Waals surface area contributed by atoms with E-state index in [1.807, 2.05) is 0 Å². The summed E-state index contributed by atoms with van der Waals surface area (Å²) in [5, 5.41) is 2.70. The average Bonchev–Trinajstić information content (AvgIpc) is 2.64. The second kappa shape index (κ2) is 7.53. The minimum absolute atomic E-state index is 0.0807. The Morgan fingerprint density at radius 2 is 1.86 bits per heavy atom. The van der Waals surface area contributed by atoms with Gasteiger partial charge < -0.3 is 14.8 Å². The van der Waals surface area contributed by atoms with Crippen LogP contribution in [-0.2, 0) is 22.5 Å². The predicted molar refractivity (Wildman–Crippen MR) is 93.8 cm³/mol. The lowest BCUT2D eigenvalue weighted by atomic mass is 9.89. The first-order valence-corrected chi connectivity index (χ1v) is 8.54. The summed E-state index contributed by atoms with van der Waals surface area (Å²) in [6.45, 7) is 0.311. The quantitative estimate of drug-likeness (QED) is 0.791. The minimum atomic E-state index is -4.40. The Balaban J connectivity index is 1.59. The maximum Gasteiger partial charge on any atom is 0.422 e. The molecule has 0 aromatic heterocycles. The van der Waals surface area contributed by atoms with Crippen molar-refractivity contribution >= 4 is 11.9 Å². The van der Waals surface area contributed by atoms with Crippen LogP contribution < -0.4 is 10.1 Å². The average molecular weight is 393 g/mol. The Bertz CT molecular complexity index is 880. The molecule has 0 fully saturated rings. The topological polar surface area (TPSA) is 64.6 Å². The van der Waals surface area contributed by atoms with E-state index in [-0.39, 0.29) is 18.7 Å². The second-order valence-electron chi connectivity index (χ2n) is 6.68. The zero-order valence-electron chi connectivity index (χ0n) is 15.0. The van der Waals surface area contributed by atoms with Crippen LogP contribution in [0.5, 0.6) is 5.75 Å². The molecule has 0 radical (unpaired) electrons. The van der Waals surface area contributed by atoms with Gasteiger partial charge in [0.2, 0.25) is 0 Å². The third-order valence-corrected chi connectivity index (χ3v) is 4.34. The molecule has 1 amide bonds. The molecule has 1 heterocycles. The van der Waals surface area contributed by atoms with Crippen molar-refractivity contribution in [3.63, 3.8) is 0 Å². The third kappa shape index (κ3) is 4.62. The maximum atomic E-state index is 12.6. The lowest BCUT2D eigenvalue weighted by molar-refractivity contribution is -0.153. The highest BCUT2D eigenvalue weighted by atomic mass is 19.4. The second-order valence-corrected chi connectivity index (χ2v) is 6.68. The molecule has 3 rings (SSSR count). The number of esters is 1. The molecule has 8 heteroatoms. The minimum Gasteiger partial charge on any atom is -0.484 e. The number of benzene rings is 2. The number of halogens is 3. The lowest BCUT2D eigenvalue weighted by Gasteiger charge is -2.33. The molecule has 1 atom stereocenters. The number of rotatable bonds is 5. The lowest BCUT2D eigenvalue weighted by Crippen LogP contribution is -2.51. The number of ether oxygens (including phenoxy) is 2. The van der Waals surface area contributed by atoms with E-state index in [0.29, 0.717) is 11.1 Å². The molecule has 148 valence electrons. The number of fused-ring (bicyclic) bond motifs is 1. The van der Waals surface area contributed by atoms with Crippen LogP contribution in [0.15, 0.2) is 48.5 Å². The van der Waals surface area contributed by atoms with Gasteiger partial charge in [0, 0.05) is 13.0 Å². The number of carbonyl (C=O) groups is 2. The van der Waals surface area contributed by atoms with E-state index >= 15 is 0 Å². The highest BCUT2D eigenvalue weighted by Crippen LogP contribution is 2.28. The van der Waals surface area contributed by atoms with E-state index in [1.165, 1.54) is 12.1 Å². The molecule has 2 aromatic carbocycles. The van der Waals surface area contributed by atoms with E-state index in [4.69, 9.17) is 4.74 Å². The van der Waals surface area contributed by atoms with Crippen molar-refractivity contribution in [2.45, 2.75) is 31.7 Å². The van der Waals surface area contributed by atoms with Crippen molar-refractivity contribution < 1.29 is 32.2 Å². The van der Waals surface area contributed by atoms with Crippen molar-refractivity contribution in [1.82, 2.24) is 5.32 Å². The Hall–Kier alpha value is -3.03. The summed E-state index contributed by atoms with van der Waals surface area (Å²) in [6, 6.07) is 12.8. The summed E-state index contributed by atoms with van der Waals surface area (Å²) in [4.78, 5) is 24.7. The molecule has 1 unspecified atom stereocenters. The summed E-state index contributed by atoms with van der Waals surface area (Å²) in [6.07, 6.45) is -4.15. The zero-order valence-corrected chi connectivity index (χ0v) is 15.0. The molecule has 0 aliphatic carbocycles. The van der Waals surface area contributed by atoms with E-state index in [9.17, 15) is 22.8 Å². The van der Waals surface area contributed by atoms with Crippen LogP contribution in [0, 0.1) is 0 Å². The third-order valence-electron chi connectivity index (χ3n) is 4.34. The van der Waals surface area contributed by atoms with Crippen LogP contribution in [0.1, 0.15) is 28.4 Å². The molecule has 1 aliphatic rings. The number of carbonyl (C=O) groups excluding carboxylic acids is 2. The molecule has 0 saturated heterocycles. The van der Waals surface area contributed by atoms with Crippen molar-refractivity contribution in [3.8, 4) is 5.75 Å². The number of hydrogen-bond acceptors (Lipinski definition) is 4. The molecular formula is C20H18F3NO4. The van der Waals surface area contributed by atoms with E-state index in [1.54, 1.807) is 43.3 Å². The molecule has 0 spiro atoms. The molecular weight excluding hydrogens is 375 g/mol. The van der Waals surface area contributed by atoms with Gasteiger partial charge in [-0.15, -0.1) is 0 Å². The van der Waals surface area contributed by atoms with Gasteiger partial charge in [0.05, 0.1) is 5.56 Å². The van der Waals surface area contributed by atoms with Gasteiger partial charge in [-0.1, -0.05) is 30.3 Å². The summed E-state index contributed by atoms with van der Waals surface area (Å²) in [5.74, 6) is -0.921. The molecule has 1 N–H and O–H groups in total. The van der Waals surface area contributed by atoms with Crippen LogP contribution >= 0.6 is 0 Å². The summed E-state index contributed by atoms with van der Waals surface area (Å²) < 4.78 is 46.5. The van der Waals surface area contributed by atoms with Crippen LogP contribution in [0.2, 0.25) is 0 Å². The molecule has 1 aliphatic heterocycles. The zero-order chi connectivity index (χ0) is 20.4. The fourth-order valence-electron chi connectivity index (χ4n) is 2.90. The van der Waals surface area contributed by atoms with Crippen molar-refractivity contribution in [2.24, 2.45) is 0 Å². The first-order valence-electron chi connectivity index (χ1n) is 8.54. The van der Waals surface area contributed by atoms with Crippen molar-refractivity contribution in [2.75, 3.05) is 6.61 Å². The fourth-order valence-corrected chi connectivity index (χ4v) is 2.90. The molecule has 0 saturated carbocycles. The first kappa shape index (κ1) is 19.7. The number of hydrogen-bond donors (Lipinski definition) is 1. The highest BCUT2D eigenvalue weighted by molar-refractivity contribution is 5.97. The van der Waals surface area contributed by atoms with Gasteiger partial charge in [-0.2, -0.15) is 13.2 Å². The van der Waals surface area contributed by atoms with Crippen LogP contribution in [0.25, 0.3) is 0 Å². The Kier molecular flexibility index (Phi) is 5.31. The van der Waals surface area contributed by atoms with Gasteiger partial charge in [0.15, 0.2) is 12.2 Å². The van der Waals surface area contributed by atoms with Crippen molar-refractivity contribution in [1.29, 1.82) is 0 Å². The van der Waals surface area contributed by atoms with Crippen LogP contribution in [-0.4, -0.2) is 30.3 Å².